The average molecular weight is 488 g/mol. The molecule has 6 nitrogen and oxygen atoms in total. The van der Waals surface area contributed by atoms with Crippen LogP contribution < -0.4 is 0 Å². The molecule has 0 aromatic heterocycles. The first-order chi connectivity index (χ1) is 14.3. The van der Waals surface area contributed by atoms with Crippen LogP contribution in [0.15, 0.2) is 12.1 Å². The van der Waals surface area contributed by atoms with E-state index >= 15 is 0 Å². The minimum absolute atomic E-state index is 0.246. The summed E-state index contributed by atoms with van der Waals surface area (Å²) in [5.74, 6) is -6.88. The number of benzene rings is 1. The molecule has 0 bridgehead atoms. The van der Waals surface area contributed by atoms with E-state index < -0.39 is 75.2 Å². The lowest BCUT2D eigenvalue weighted by molar-refractivity contribution is -0.274. The zero-order valence-electron chi connectivity index (χ0n) is 18.3. The van der Waals surface area contributed by atoms with Gasteiger partial charge in [-0.1, -0.05) is 13.0 Å². The predicted octanol–water partition coefficient (Wildman–Crippen LogP) is 4.22. The van der Waals surface area contributed by atoms with E-state index in [1.807, 2.05) is 0 Å². The van der Waals surface area contributed by atoms with Gasteiger partial charge in [0.25, 0.3) is 10.1 Å². The van der Waals surface area contributed by atoms with Crippen LogP contribution in [0.3, 0.4) is 0 Å². The second-order valence-corrected chi connectivity index (χ2v) is 10.5. The molecule has 1 fully saturated rings. The van der Waals surface area contributed by atoms with Gasteiger partial charge >= 0.3 is 12.1 Å². The number of rotatable bonds is 5. The number of carbonyl (C=O) groups excluding carboxylic acids is 1. The first-order valence-electron chi connectivity index (χ1n) is 9.57. The highest BCUT2D eigenvalue weighted by atomic mass is 32.2. The molecule has 1 saturated heterocycles. The van der Waals surface area contributed by atoms with Gasteiger partial charge in [-0.05, 0) is 39.3 Å². The van der Waals surface area contributed by atoms with Gasteiger partial charge in [-0.3, -0.25) is 4.18 Å². The second kappa shape index (κ2) is 8.53. The van der Waals surface area contributed by atoms with Gasteiger partial charge in [0, 0.05) is 17.4 Å². The minimum atomic E-state index is -4.91. The average Bonchev–Trinajstić information content (AvgIpc) is 2.87. The molecule has 0 aliphatic carbocycles. The Morgan fingerprint density at radius 2 is 1.75 bits per heavy atom. The van der Waals surface area contributed by atoms with Crippen molar-refractivity contribution in [2.75, 3.05) is 6.26 Å². The maximum absolute atomic E-state index is 14.6. The van der Waals surface area contributed by atoms with E-state index in [4.69, 9.17) is 9.47 Å². The van der Waals surface area contributed by atoms with Gasteiger partial charge in [-0.2, -0.15) is 21.6 Å². The summed E-state index contributed by atoms with van der Waals surface area (Å²) >= 11 is 0. The Balaban J connectivity index is 2.67. The minimum Gasteiger partial charge on any atom is -0.458 e. The number of carbonyl (C=O) groups is 1. The number of hydrogen-bond donors (Lipinski definition) is 0. The molecule has 0 unspecified atom stereocenters. The first kappa shape index (κ1) is 26.5. The third-order valence-corrected chi connectivity index (χ3v) is 5.86. The fraction of sp³-hybridized carbons (Fsp3) is 0.650. The Morgan fingerprint density at radius 3 is 2.22 bits per heavy atom. The van der Waals surface area contributed by atoms with Gasteiger partial charge in [0.2, 0.25) is 0 Å². The molecule has 0 radical (unpaired) electrons. The lowest BCUT2D eigenvalue weighted by Crippen LogP contribution is -2.47. The van der Waals surface area contributed by atoms with Crippen molar-refractivity contribution in [2.45, 2.75) is 70.6 Å². The van der Waals surface area contributed by atoms with E-state index in [1.165, 1.54) is 20.8 Å². The third-order valence-electron chi connectivity index (χ3n) is 5.32. The standard InChI is InChI=1S/C20H25F5O6S/c1-10-14(11-7-8-13(21)15(22)12(11)9-29-32(6,27)28)16(17(26)31-18(2,3)4)30-19(10,5)20(23,24)25/h7-8,10,14,16H,9H2,1-6H3/t10-,14-,16+,19+/m0/s1. The highest BCUT2D eigenvalue weighted by molar-refractivity contribution is 7.85. The van der Waals surface area contributed by atoms with Crippen LogP contribution in [-0.4, -0.2) is 44.1 Å². The van der Waals surface area contributed by atoms with Crippen LogP contribution in [0.5, 0.6) is 0 Å². The number of esters is 1. The maximum atomic E-state index is 14.6. The Labute approximate surface area is 183 Å². The molecule has 32 heavy (non-hydrogen) atoms. The van der Waals surface area contributed by atoms with Crippen LogP contribution in [0.1, 0.15) is 51.7 Å². The Bertz CT molecular complexity index is 985. The molecule has 0 N–H and O–H groups in total. The van der Waals surface area contributed by atoms with Crippen LogP contribution in [0, 0.1) is 17.6 Å². The van der Waals surface area contributed by atoms with Crippen LogP contribution in [0.4, 0.5) is 22.0 Å². The van der Waals surface area contributed by atoms with Gasteiger partial charge < -0.3 is 9.47 Å². The highest BCUT2D eigenvalue weighted by Gasteiger charge is 2.66. The van der Waals surface area contributed by atoms with E-state index in [1.54, 1.807) is 0 Å². The first-order valence-corrected chi connectivity index (χ1v) is 11.4. The zero-order valence-corrected chi connectivity index (χ0v) is 19.2. The van der Waals surface area contributed by atoms with Crippen LogP contribution in [0.2, 0.25) is 0 Å². The van der Waals surface area contributed by atoms with Crippen molar-refractivity contribution in [2.24, 2.45) is 5.92 Å². The summed E-state index contributed by atoms with van der Waals surface area (Å²) in [6.07, 6.45) is -6.06. The molecule has 0 spiro atoms. The lowest BCUT2D eigenvalue weighted by atomic mass is 9.76. The molecular formula is C20H25F5O6S. The zero-order chi connectivity index (χ0) is 24.9. The van der Waals surface area contributed by atoms with Crippen molar-refractivity contribution in [3.8, 4) is 0 Å². The number of ether oxygens (including phenoxy) is 2. The Kier molecular flexibility index (Phi) is 7.05. The summed E-state index contributed by atoms with van der Waals surface area (Å²) in [4.78, 5) is 12.8. The van der Waals surface area contributed by atoms with Gasteiger partial charge in [0.15, 0.2) is 23.3 Å². The van der Waals surface area contributed by atoms with Crippen molar-refractivity contribution in [1.29, 1.82) is 0 Å². The fourth-order valence-corrected chi connectivity index (χ4v) is 3.93. The molecule has 0 amide bonds. The van der Waals surface area contributed by atoms with Crippen LogP contribution in [-0.2, 0) is 35.2 Å². The summed E-state index contributed by atoms with van der Waals surface area (Å²) in [6, 6.07) is 1.67. The molecule has 4 atom stereocenters. The van der Waals surface area contributed by atoms with Crippen molar-refractivity contribution < 1.29 is 48.8 Å². The quantitative estimate of drug-likeness (QED) is 0.351. The molecule has 1 aliphatic heterocycles. The molecule has 2 rings (SSSR count). The molecule has 12 heteroatoms. The van der Waals surface area contributed by atoms with Gasteiger partial charge in [-0.15, -0.1) is 0 Å². The van der Waals surface area contributed by atoms with Crippen LogP contribution >= 0.6 is 0 Å². The molecule has 1 aromatic rings. The van der Waals surface area contributed by atoms with E-state index in [0.29, 0.717) is 12.3 Å². The summed E-state index contributed by atoms with van der Waals surface area (Å²) in [7, 11) is -4.10. The molecule has 0 saturated carbocycles. The molecule has 182 valence electrons. The van der Waals surface area contributed by atoms with Gasteiger partial charge in [0.1, 0.15) is 5.60 Å². The maximum Gasteiger partial charge on any atom is 0.417 e. The SMILES string of the molecule is C[C@H]1[C@@H](c2ccc(F)c(F)c2COS(C)(=O)=O)[C@H](C(=O)OC(C)(C)C)O[C@@]1(C)C(F)(F)F. The normalized spacial score (nSPS) is 26.9. The Morgan fingerprint density at radius 1 is 1.19 bits per heavy atom. The second-order valence-electron chi connectivity index (χ2n) is 8.89. The molecular weight excluding hydrogens is 463 g/mol. The molecule has 1 aliphatic rings. The topological polar surface area (TPSA) is 78.9 Å². The van der Waals surface area contributed by atoms with E-state index in [2.05, 4.69) is 4.18 Å². The molecule has 1 aromatic carbocycles. The van der Waals surface area contributed by atoms with Crippen molar-refractivity contribution >= 4 is 16.1 Å². The highest BCUT2D eigenvalue weighted by Crippen LogP contribution is 2.54. The van der Waals surface area contributed by atoms with Gasteiger partial charge in [0.05, 0.1) is 12.9 Å². The predicted molar refractivity (Wildman–Crippen MR) is 103 cm³/mol. The summed E-state index contributed by atoms with van der Waals surface area (Å²) < 4.78 is 108. The van der Waals surface area contributed by atoms with Crippen molar-refractivity contribution in [1.82, 2.24) is 0 Å². The third kappa shape index (κ3) is 5.40. The monoisotopic (exact) mass is 488 g/mol. The Hall–Kier alpha value is -1.79. The number of alkyl halides is 3. The van der Waals surface area contributed by atoms with E-state index in [0.717, 1.165) is 19.9 Å². The number of halogens is 5. The molecule has 1 heterocycles. The smallest absolute Gasteiger partial charge is 0.417 e. The summed E-state index contributed by atoms with van der Waals surface area (Å²) in [5.41, 5.74) is -4.76. The van der Waals surface area contributed by atoms with Crippen LogP contribution in [0.25, 0.3) is 0 Å². The van der Waals surface area contributed by atoms with Crippen molar-refractivity contribution in [3.05, 3.63) is 34.9 Å². The van der Waals surface area contributed by atoms with E-state index in [9.17, 15) is 35.2 Å². The summed E-state index contributed by atoms with van der Waals surface area (Å²) in [6.45, 7) is 5.44. The van der Waals surface area contributed by atoms with Gasteiger partial charge in [-0.25, -0.2) is 13.6 Å². The van der Waals surface area contributed by atoms with Crippen molar-refractivity contribution in [3.63, 3.8) is 0 Å². The number of hydrogen-bond acceptors (Lipinski definition) is 6. The summed E-state index contributed by atoms with van der Waals surface area (Å²) in [5, 5.41) is 0. The lowest BCUT2D eigenvalue weighted by Gasteiger charge is -2.32. The van der Waals surface area contributed by atoms with E-state index in [-0.39, 0.29) is 5.56 Å². The largest absolute Gasteiger partial charge is 0.458 e. The fourth-order valence-electron chi connectivity index (χ4n) is 3.59.